The van der Waals surface area contributed by atoms with Crippen LogP contribution in [0.25, 0.3) is 0 Å². The van der Waals surface area contributed by atoms with E-state index >= 15 is 0 Å². The number of hydrogen-bond donors (Lipinski definition) is 1. The van der Waals surface area contributed by atoms with E-state index in [1.54, 1.807) is 0 Å². The van der Waals surface area contributed by atoms with Crippen molar-refractivity contribution in [2.75, 3.05) is 13.1 Å². The smallest absolute Gasteiger partial charge is 0.0837 e. The van der Waals surface area contributed by atoms with Crippen LogP contribution in [0.4, 0.5) is 0 Å². The van der Waals surface area contributed by atoms with Crippen molar-refractivity contribution in [2.24, 2.45) is 0 Å². The van der Waals surface area contributed by atoms with Gasteiger partial charge in [0.15, 0.2) is 0 Å². The molecule has 2 heteroatoms. The first kappa shape index (κ1) is 15.3. The second-order valence-corrected chi connectivity index (χ2v) is 5.97. The van der Waals surface area contributed by atoms with Crippen LogP contribution in [-0.2, 0) is 5.41 Å². The molecule has 0 aromatic heterocycles. The summed E-state index contributed by atoms with van der Waals surface area (Å²) in [6, 6.07) is 22.8. The lowest BCUT2D eigenvalue weighted by atomic mass is 9.84. The summed E-state index contributed by atoms with van der Waals surface area (Å²) in [5, 5.41) is 12.8. The summed E-state index contributed by atoms with van der Waals surface area (Å²) in [6.45, 7) is 5.97. The lowest BCUT2D eigenvalue weighted by Gasteiger charge is -2.26. The van der Waals surface area contributed by atoms with E-state index in [4.69, 9.17) is 0 Å². The van der Waals surface area contributed by atoms with Gasteiger partial charge in [-0.1, -0.05) is 74.5 Å². The first-order valence-electron chi connectivity index (χ1n) is 7.34. The number of benzene rings is 2. The highest BCUT2D eigenvalue weighted by Crippen LogP contribution is 2.22. The van der Waals surface area contributed by atoms with Gasteiger partial charge >= 0.3 is 0 Å². The lowest BCUT2D eigenvalue weighted by Crippen LogP contribution is -2.35. The zero-order chi connectivity index (χ0) is 15.1. The Labute approximate surface area is 127 Å². The van der Waals surface area contributed by atoms with Gasteiger partial charge in [-0.3, -0.25) is 0 Å². The summed E-state index contributed by atoms with van der Waals surface area (Å²) in [5.74, 6) is -0.0993. The van der Waals surface area contributed by atoms with E-state index < -0.39 is 0 Å². The Morgan fingerprint density at radius 2 is 1.57 bits per heavy atom. The third kappa shape index (κ3) is 4.18. The third-order valence-electron chi connectivity index (χ3n) is 3.83. The van der Waals surface area contributed by atoms with Gasteiger partial charge in [0, 0.05) is 18.5 Å². The van der Waals surface area contributed by atoms with E-state index in [0.29, 0.717) is 6.54 Å². The van der Waals surface area contributed by atoms with Crippen molar-refractivity contribution in [3.05, 3.63) is 71.8 Å². The molecule has 0 radical (unpaired) electrons. The Morgan fingerprint density at radius 3 is 2.14 bits per heavy atom. The number of nitrogens with zero attached hydrogens (tertiary/aromatic N) is 1. The molecule has 21 heavy (non-hydrogen) atoms. The average molecular weight is 278 g/mol. The third-order valence-corrected chi connectivity index (χ3v) is 3.83. The molecule has 2 nitrogen and oxygen atoms in total. The quantitative estimate of drug-likeness (QED) is 0.871. The minimum atomic E-state index is -0.0993. The molecule has 0 bridgehead atoms. The SMILES string of the molecule is CC(C)(CNCC(C#N)c1ccccc1)c1ccccc1. The maximum absolute atomic E-state index is 9.34. The molecule has 0 saturated heterocycles. The van der Waals surface area contributed by atoms with E-state index in [-0.39, 0.29) is 11.3 Å². The molecule has 0 spiro atoms. The van der Waals surface area contributed by atoms with Crippen LogP contribution < -0.4 is 5.32 Å². The Hall–Kier alpha value is -2.11. The van der Waals surface area contributed by atoms with Crippen LogP contribution in [-0.4, -0.2) is 13.1 Å². The van der Waals surface area contributed by atoms with Gasteiger partial charge in [0.2, 0.25) is 0 Å². The summed E-state index contributed by atoms with van der Waals surface area (Å²) >= 11 is 0. The molecule has 0 heterocycles. The molecule has 2 aromatic rings. The van der Waals surface area contributed by atoms with E-state index in [2.05, 4.69) is 49.5 Å². The summed E-state index contributed by atoms with van der Waals surface area (Å²) in [6.07, 6.45) is 0. The Bertz CT molecular complexity index is 582. The minimum Gasteiger partial charge on any atom is -0.314 e. The molecule has 2 aromatic carbocycles. The summed E-state index contributed by atoms with van der Waals surface area (Å²) in [4.78, 5) is 0. The van der Waals surface area contributed by atoms with Crippen molar-refractivity contribution in [3.8, 4) is 6.07 Å². The molecule has 0 fully saturated rings. The minimum absolute atomic E-state index is 0.0535. The molecule has 1 unspecified atom stereocenters. The Kier molecular flexibility index (Phi) is 5.14. The van der Waals surface area contributed by atoms with Crippen LogP contribution in [0, 0.1) is 11.3 Å². The fraction of sp³-hybridized carbons (Fsp3) is 0.316. The normalized spacial score (nSPS) is 12.6. The van der Waals surface area contributed by atoms with Crippen LogP contribution in [0.1, 0.15) is 30.9 Å². The molecule has 2 rings (SSSR count). The molecule has 1 N–H and O–H groups in total. The van der Waals surface area contributed by atoms with Crippen LogP contribution in [0.15, 0.2) is 60.7 Å². The Morgan fingerprint density at radius 1 is 1.00 bits per heavy atom. The van der Waals surface area contributed by atoms with Gasteiger partial charge in [0.1, 0.15) is 0 Å². The molecular weight excluding hydrogens is 256 g/mol. The maximum Gasteiger partial charge on any atom is 0.0837 e. The first-order valence-corrected chi connectivity index (χ1v) is 7.34. The largest absolute Gasteiger partial charge is 0.314 e. The molecule has 0 amide bonds. The summed E-state index contributed by atoms with van der Waals surface area (Å²) < 4.78 is 0. The van der Waals surface area contributed by atoms with Crippen molar-refractivity contribution in [1.82, 2.24) is 5.32 Å². The Balaban J connectivity index is 1.93. The highest BCUT2D eigenvalue weighted by Gasteiger charge is 2.20. The van der Waals surface area contributed by atoms with Gasteiger partial charge < -0.3 is 5.32 Å². The van der Waals surface area contributed by atoms with Gasteiger partial charge in [-0.25, -0.2) is 0 Å². The van der Waals surface area contributed by atoms with Crippen LogP contribution in [0.2, 0.25) is 0 Å². The molecule has 0 saturated carbocycles. The zero-order valence-electron chi connectivity index (χ0n) is 12.7. The van der Waals surface area contributed by atoms with E-state index in [0.717, 1.165) is 12.1 Å². The van der Waals surface area contributed by atoms with Crippen molar-refractivity contribution < 1.29 is 0 Å². The molecule has 0 aliphatic rings. The molecule has 1 atom stereocenters. The fourth-order valence-electron chi connectivity index (χ4n) is 2.44. The molecular formula is C19H22N2. The lowest BCUT2D eigenvalue weighted by molar-refractivity contribution is 0.465. The number of nitriles is 1. The molecule has 0 aliphatic carbocycles. The van der Waals surface area contributed by atoms with Gasteiger partial charge in [-0.05, 0) is 11.1 Å². The molecule has 0 aliphatic heterocycles. The van der Waals surface area contributed by atoms with Crippen molar-refractivity contribution in [3.63, 3.8) is 0 Å². The van der Waals surface area contributed by atoms with Crippen molar-refractivity contribution in [2.45, 2.75) is 25.2 Å². The van der Waals surface area contributed by atoms with E-state index in [9.17, 15) is 5.26 Å². The monoisotopic (exact) mass is 278 g/mol. The predicted octanol–water partition coefficient (Wildman–Crippen LogP) is 3.86. The van der Waals surface area contributed by atoms with Gasteiger partial charge in [0.25, 0.3) is 0 Å². The number of nitrogens with one attached hydrogen (secondary N) is 1. The highest BCUT2D eigenvalue weighted by molar-refractivity contribution is 5.26. The maximum atomic E-state index is 9.34. The number of hydrogen-bond acceptors (Lipinski definition) is 2. The van der Waals surface area contributed by atoms with Crippen LogP contribution in [0.3, 0.4) is 0 Å². The van der Waals surface area contributed by atoms with Crippen molar-refractivity contribution >= 4 is 0 Å². The molecule has 108 valence electrons. The van der Waals surface area contributed by atoms with Crippen molar-refractivity contribution in [1.29, 1.82) is 5.26 Å². The van der Waals surface area contributed by atoms with Gasteiger partial charge in [0.05, 0.1) is 12.0 Å². The van der Waals surface area contributed by atoms with Gasteiger partial charge in [-0.15, -0.1) is 0 Å². The van der Waals surface area contributed by atoms with Gasteiger partial charge in [-0.2, -0.15) is 5.26 Å². The number of rotatable bonds is 6. The second-order valence-electron chi connectivity index (χ2n) is 5.97. The fourth-order valence-corrected chi connectivity index (χ4v) is 2.44. The van der Waals surface area contributed by atoms with Crippen LogP contribution >= 0.6 is 0 Å². The summed E-state index contributed by atoms with van der Waals surface area (Å²) in [7, 11) is 0. The van der Waals surface area contributed by atoms with E-state index in [1.807, 2.05) is 36.4 Å². The average Bonchev–Trinajstić information content (AvgIpc) is 2.53. The summed E-state index contributed by atoms with van der Waals surface area (Å²) in [5.41, 5.74) is 2.44. The topological polar surface area (TPSA) is 35.8 Å². The first-order chi connectivity index (χ1) is 10.1. The second kappa shape index (κ2) is 7.06. The van der Waals surface area contributed by atoms with E-state index in [1.165, 1.54) is 5.56 Å². The highest BCUT2D eigenvalue weighted by atomic mass is 14.9. The standard InChI is InChI=1S/C19H22N2/c1-19(2,18-11-7-4-8-12-18)15-21-14-17(13-20)16-9-5-3-6-10-16/h3-12,17,21H,14-15H2,1-2H3. The zero-order valence-corrected chi connectivity index (χ0v) is 12.7. The predicted molar refractivity (Wildman–Crippen MR) is 87.1 cm³/mol. The van der Waals surface area contributed by atoms with Crippen LogP contribution in [0.5, 0.6) is 0 Å².